The highest BCUT2D eigenvalue weighted by atomic mass is 16.2. The van der Waals surface area contributed by atoms with Crippen LogP contribution in [0.2, 0.25) is 0 Å². The zero-order valence-corrected chi connectivity index (χ0v) is 14.4. The summed E-state index contributed by atoms with van der Waals surface area (Å²) in [6.45, 7) is 9.59. The van der Waals surface area contributed by atoms with Crippen LogP contribution in [-0.4, -0.2) is 24.9 Å². The van der Waals surface area contributed by atoms with E-state index in [4.69, 9.17) is 0 Å². The van der Waals surface area contributed by atoms with Gasteiger partial charge in [-0.25, -0.2) is 0 Å². The van der Waals surface area contributed by atoms with Gasteiger partial charge in [0.25, 0.3) is 0 Å². The first-order chi connectivity index (χ1) is 9.91. The van der Waals surface area contributed by atoms with Crippen molar-refractivity contribution in [3.05, 3.63) is 0 Å². The van der Waals surface area contributed by atoms with Crippen LogP contribution in [0, 0.1) is 5.41 Å². The molecule has 0 radical (unpaired) electrons. The average Bonchev–Trinajstić information content (AvgIpc) is 2.44. The van der Waals surface area contributed by atoms with Crippen LogP contribution in [0.4, 0.5) is 0 Å². The standard InChI is InChI=1S/C17H34N2O2/c1-5-7-9-11-15(20)18-13-17(3,4)14-19-16(21)12-10-8-6-2/h5-14H2,1-4H3,(H,18,20)(H,19,21). The van der Waals surface area contributed by atoms with Gasteiger partial charge in [-0.05, 0) is 18.3 Å². The molecule has 0 aliphatic carbocycles. The minimum absolute atomic E-state index is 0.110. The maximum absolute atomic E-state index is 11.7. The number of amides is 2. The van der Waals surface area contributed by atoms with Gasteiger partial charge in [0, 0.05) is 25.9 Å². The average molecular weight is 298 g/mol. The van der Waals surface area contributed by atoms with Gasteiger partial charge in [0.15, 0.2) is 0 Å². The predicted molar refractivity (Wildman–Crippen MR) is 88.1 cm³/mol. The van der Waals surface area contributed by atoms with Gasteiger partial charge in [0.1, 0.15) is 0 Å². The monoisotopic (exact) mass is 298 g/mol. The second-order valence-corrected chi connectivity index (χ2v) is 6.63. The van der Waals surface area contributed by atoms with E-state index in [9.17, 15) is 9.59 Å². The van der Waals surface area contributed by atoms with Crippen LogP contribution in [0.3, 0.4) is 0 Å². The Hall–Kier alpha value is -1.06. The quantitative estimate of drug-likeness (QED) is 0.542. The Morgan fingerprint density at radius 1 is 0.762 bits per heavy atom. The lowest BCUT2D eigenvalue weighted by Gasteiger charge is -2.25. The first-order valence-corrected chi connectivity index (χ1v) is 8.44. The molecule has 0 aromatic rings. The molecule has 0 spiro atoms. The molecule has 2 amide bonds. The SMILES string of the molecule is CCCCCC(=O)NCC(C)(C)CNC(=O)CCCCC. The van der Waals surface area contributed by atoms with E-state index in [1.54, 1.807) is 0 Å². The number of rotatable bonds is 12. The summed E-state index contributed by atoms with van der Waals surface area (Å²) < 4.78 is 0. The Bertz CT molecular complexity index is 273. The van der Waals surface area contributed by atoms with Crippen molar-refractivity contribution < 1.29 is 9.59 Å². The highest BCUT2D eigenvalue weighted by Crippen LogP contribution is 2.12. The summed E-state index contributed by atoms with van der Waals surface area (Å²) in [4.78, 5) is 23.4. The lowest BCUT2D eigenvalue weighted by molar-refractivity contribution is -0.121. The molecule has 2 N–H and O–H groups in total. The van der Waals surface area contributed by atoms with Gasteiger partial charge >= 0.3 is 0 Å². The smallest absolute Gasteiger partial charge is 0.220 e. The van der Waals surface area contributed by atoms with Crippen molar-refractivity contribution >= 4 is 11.8 Å². The summed E-state index contributed by atoms with van der Waals surface area (Å²) in [5, 5.41) is 5.94. The molecule has 0 aromatic heterocycles. The van der Waals surface area contributed by atoms with Gasteiger partial charge in [-0.3, -0.25) is 9.59 Å². The Kier molecular flexibility index (Phi) is 11.0. The zero-order valence-electron chi connectivity index (χ0n) is 14.4. The number of carbonyl (C=O) groups excluding carboxylic acids is 2. The van der Waals surface area contributed by atoms with E-state index in [0.29, 0.717) is 25.9 Å². The molecule has 124 valence electrons. The van der Waals surface area contributed by atoms with Crippen LogP contribution in [-0.2, 0) is 9.59 Å². The molecule has 4 heteroatoms. The second kappa shape index (κ2) is 11.6. The first-order valence-electron chi connectivity index (χ1n) is 8.44. The van der Waals surface area contributed by atoms with Crippen molar-refractivity contribution in [3.63, 3.8) is 0 Å². The third-order valence-electron chi connectivity index (χ3n) is 3.54. The maximum Gasteiger partial charge on any atom is 0.220 e. The number of hydrogen-bond donors (Lipinski definition) is 2. The highest BCUT2D eigenvalue weighted by molar-refractivity contribution is 5.76. The molecule has 0 saturated heterocycles. The summed E-state index contributed by atoms with van der Waals surface area (Å²) >= 11 is 0. The van der Waals surface area contributed by atoms with Crippen molar-refractivity contribution in [2.24, 2.45) is 5.41 Å². The van der Waals surface area contributed by atoms with Crippen molar-refractivity contribution in [1.29, 1.82) is 0 Å². The van der Waals surface area contributed by atoms with Gasteiger partial charge in [0.05, 0.1) is 0 Å². The van der Waals surface area contributed by atoms with Gasteiger partial charge < -0.3 is 10.6 Å². The van der Waals surface area contributed by atoms with E-state index in [2.05, 4.69) is 38.3 Å². The van der Waals surface area contributed by atoms with Gasteiger partial charge in [-0.1, -0.05) is 53.4 Å². The highest BCUT2D eigenvalue weighted by Gasteiger charge is 2.19. The van der Waals surface area contributed by atoms with Crippen LogP contribution in [0.15, 0.2) is 0 Å². The normalized spacial score (nSPS) is 11.2. The third-order valence-corrected chi connectivity index (χ3v) is 3.54. The molecule has 0 aromatic carbocycles. The Morgan fingerprint density at radius 3 is 1.48 bits per heavy atom. The number of unbranched alkanes of at least 4 members (excludes halogenated alkanes) is 4. The maximum atomic E-state index is 11.7. The Labute approximate surface area is 130 Å². The van der Waals surface area contributed by atoms with E-state index in [0.717, 1.165) is 38.5 Å². The van der Waals surface area contributed by atoms with E-state index < -0.39 is 0 Å². The molecule has 0 rings (SSSR count). The third kappa shape index (κ3) is 12.4. The van der Waals surface area contributed by atoms with Crippen molar-refractivity contribution in [3.8, 4) is 0 Å². The Morgan fingerprint density at radius 2 is 1.14 bits per heavy atom. The molecule has 0 unspecified atom stereocenters. The van der Waals surface area contributed by atoms with E-state index in [1.807, 2.05) is 0 Å². The fraction of sp³-hybridized carbons (Fsp3) is 0.882. The number of carbonyl (C=O) groups is 2. The zero-order chi connectivity index (χ0) is 16.1. The van der Waals surface area contributed by atoms with Crippen molar-refractivity contribution in [1.82, 2.24) is 10.6 Å². The summed E-state index contributed by atoms with van der Waals surface area (Å²) in [6.07, 6.45) is 7.58. The molecule has 0 saturated carbocycles. The number of nitrogens with one attached hydrogen (secondary N) is 2. The molecule has 0 aliphatic rings. The second-order valence-electron chi connectivity index (χ2n) is 6.63. The fourth-order valence-electron chi connectivity index (χ4n) is 1.99. The molecule has 4 nitrogen and oxygen atoms in total. The molecule has 0 bridgehead atoms. The summed E-state index contributed by atoms with van der Waals surface area (Å²) in [7, 11) is 0. The lowest BCUT2D eigenvalue weighted by atomic mass is 9.93. The summed E-state index contributed by atoms with van der Waals surface area (Å²) in [5.74, 6) is 0.233. The molecular formula is C17H34N2O2. The molecular weight excluding hydrogens is 264 g/mol. The molecule has 0 heterocycles. The predicted octanol–water partition coefficient (Wildman–Crippen LogP) is 3.41. The number of hydrogen-bond acceptors (Lipinski definition) is 2. The molecule has 0 fully saturated rings. The fourth-order valence-corrected chi connectivity index (χ4v) is 1.99. The van der Waals surface area contributed by atoms with Crippen LogP contribution in [0.5, 0.6) is 0 Å². The molecule has 0 aliphatic heterocycles. The largest absolute Gasteiger partial charge is 0.356 e. The van der Waals surface area contributed by atoms with Crippen LogP contribution >= 0.6 is 0 Å². The minimum Gasteiger partial charge on any atom is -0.356 e. The van der Waals surface area contributed by atoms with Gasteiger partial charge in [0.2, 0.25) is 11.8 Å². The summed E-state index contributed by atoms with van der Waals surface area (Å²) in [6, 6.07) is 0. The van der Waals surface area contributed by atoms with E-state index >= 15 is 0 Å². The van der Waals surface area contributed by atoms with E-state index in [1.165, 1.54) is 0 Å². The molecule has 0 atom stereocenters. The topological polar surface area (TPSA) is 58.2 Å². The first kappa shape index (κ1) is 19.9. The van der Waals surface area contributed by atoms with E-state index in [-0.39, 0.29) is 17.2 Å². The Balaban J connectivity index is 3.81. The van der Waals surface area contributed by atoms with Gasteiger partial charge in [-0.15, -0.1) is 0 Å². The van der Waals surface area contributed by atoms with Crippen molar-refractivity contribution in [2.75, 3.05) is 13.1 Å². The summed E-state index contributed by atoms with van der Waals surface area (Å²) in [5.41, 5.74) is -0.110. The van der Waals surface area contributed by atoms with Crippen LogP contribution in [0.1, 0.15) is 79.1 Å². The minimum atomic E-state index is -0.110. The van der Waals surface area contributed by atoms with Crippen LogP contribution in [0.25, 0.3) is 0 Å². The van der Waals surface area contributed by atoms with Crippen LogP contribution < -0.4 is 10.6 Å². The van der Waals surface area contributed by atoms with Crippen molar-refractivity contribution in [2.45, 2.75) is 79.1 Å². The lowest BCUT2D eigenvalue weighted by Crippen LogP contribution is -2.42. The van der Waals surface area contributed by atoms with Gasteiger partial charge in [-0.2, -0.15) is 0 Å². The molecule has 21 heavy (non-hydrogen) atoms.